The molecule has 2 heterocycles. The number of nitrogens with one attached hydrogen (secondary N) is 1. The van der Waals surface area contributed by atoms with E-state index in [1.165, 1.54) is 0 Å². The molecule has 12 heteroatoms. The number of ether oxygens (including phenoxy) is 1. The second-order valence-corrected chi connectivity index (χ2v) is 8.80. The van der Waals surface area contributed by atoms with Gasteiger partial charge in [0.05, 0.1) is 16.4 Å². The van der Waals surface area contributed by atoms with Gasteiger partial charge in [0.15, 0.2) is 0 Å². The predicted octanol–water partition coefficient (Wildman–Crippen LogP) is 2.55. The van der Waals surface area contributed by atoms with Crippen molar-refractivity contribution in [3.8, 4) is 0 Å². The molecular formula is C16H20F3N3O5S. The lowest BCUT2D eigenvalue weighted by molar-refractivity contribution is -0.384. The number of benzene rings is 1. The Morgan fingerprint density at radius 2 is 1.89 bits per heavy atom. The fourth-order valence-corrected chi connectivity index (χ4v) is 4.31. The monoisotopic (exact) mass is 423 g/mol. The lowest BCUT2D eigenvalue weighted by atomic mass is 10.0. The van der Waals surface area contributed by atoms with Crippen LogP contribution >= 0.6 is 0 Å². The van der Waals surface area contributed by atoms with Crippen LogP contribution in [-0.2, 0) is 14.6 Å². The number of halogens is 3. The summed E-state index contributed by atoms with van der Waals surface area (Å²) < 4.78 is 66.5. The highest BCUT2D eigenvalue weighted by Gasteiger charge is 2.47. The summed E-state index contributed by atoms with van der Waals surface area (Å²) in [7, 11) is -5.65. The molecule has 1 aromatic carbocycles. The lowest BCUT2D eigenvalue weighted by Gasteiger charge is -2.35. The van der Waals surface area contributed by atoms with E-state index in [4.69, 9.17) is 4.74 Å². The Morgan fingerprint density at radius 1 is 1.21 bits per heavy atom. The van der Waals surface area contributed by atoms with Gasteiger partial charge in [0.25, 0.3) is 15.5 Å². The van der Waals surface area contributed by atoms with Crippen molar-refractivity contribution in [2.24, 2.45) is 0 Å². The molecule has 2 fully saturated rings. The molecular weight excluding hydrogens is 403 g/mol. The Bertz CT molecular complexity index is 832. The van der Waals surface area contributed by atoms with Crippen LogP contribution in [0.5, 0.6) is 0 Å². The van der Waals surface area contributed by atoms with Gasteiger partial charge in [0.2, 0.25) is 0 Å². The van der Waals surface area contributed by atoms with Gasteiger partial charge in [-0.2, -0.15) is 13.2 Å². The van der Waals surface area contributed by atoms with E-state index in [0.717, 1.165) is 38.2 Å². The highest BCUT2D eigenvalue weighted by molar-refractivity contribution is 7.92. The van der Waals surface area contributed by atoms with Crippen molar-refractivity contribution >= 4 is 21.2 Å². The Hall–Kier alpha value is -1.92. The first-order valence-electron chi connectivity index (χ1n) is 8.77. The van der Waals surface area contributed by atoms with Gasteiger partial charge in [0.1, 0.15) is 5.69 Å². The Kier molecular flexibility index (Phi) is 5.82. The molecule has 0 aromatic heterocycles. The molecule has 0 amide bonds. The molecule has 1 unspecified atom stereocenters. The van der Waals surface area contributed by atoms with Gasteiger partial charge in [-0.25, -0.2) is 8.42 Å². The average molecular weight is 423 g/mol. The van der Waals surface area contributed by atoms with Crippen molar-refractivity contribution in [3.05, 3.63) is 28.3 Å². The van der Waals surface area contributed by atoms with Crippen LogP contribution in [0, 0.1) is 10.1 Å². The molecule has 0 spiro atoms. The minimum absolute atomic E-state index is 0.00812. The Labute approximate surface area is 159 Å². The first-order chi connectivity index (χ1) is 13.1. The predicted molar refractivity (Wildman–Crippen MR) is 93.8 cm³/mol. The zero-order chi connectivity index (χ0) is 20.5. The first-order valence-corrected chi connectivity index (χ1v) is 10.3. The molecule has 8 nitrogen and oxygen atoms in total. The number of piperidine rings is 1. The number of anilines is 1. The maximum atomic E-state index is 12.7. The van der Waals surface area contributed by atoms with E-state index >= 15 is 0 Å². The van der Waals surface area contributed by atoms with Gasteiger partial charge in [-0.3, -0.25) is 15.0 Å². The zero-order valence-corrected chi connectivity index (χ0v) is 15.6. The molecule has 2 saturated heterocycles. The SMILES string of the molecule is O=[N+]([O-])c1cc(S(=O)(=O)C(F)(F)F)ccc1NC1CCN(C2CCOC2)CC1. The molecule has 0 bridgehead atoms. The zero-order valence-electron chi connectivity index (χ0n) is 14.8. The van der Waals surface area contributed by atoms with Gasteiger partial charge in [-0.05, 0) is 31.4 Å². The highest BCUT2D eigenvalue weighted by Crippen LogP contribution is 2.35. The van der Waals surface area contributed by atoms with Crippen molar-refractivity contribution in [3.63, 3.8) is 0 Å². The number of nitro benzene ring substituents is 1. The Morgan fingerprint density at radius 3 is 2.43 bits per heavy atom. The fraction of sp³-hybridized carbons (Fsp3) is 0.625. The van der Waals surface area contributed by atoms with Crippen molar-refractivity contribution < 1.29 is 31.2 Å². The third-order valence-corrected chi connectivity index (χ3v) is 6.58. The third kappa shape index (κ3) is 4.23. The van der Waals surface area contributed by atoms with Crippen LogP contribution < -0.4 is 5.32 Å². The number of nitrogens with zero attached hydrogens (tertiary/aromatic N) is 2. The van der Waals surface area contributed by atoms with Gasteiger partial charge >= 0.3 is 5.51 Å². The van der Waals surface area contributed by atoms with Crippen molar-refractivity contribution in [2.75, 3.05) is 31.6 Å². The number of alkyl halides is 3. The smallest absolute Gasteiger partial charge is 0.380 e. The van der Waals surface area contributed by atoms with E-state index in [0.29, 0.717) is 31.6 Å². The maximum Gasteiger partial charge on any atom is 0.501 e. The normalized spacial score (nSPS) is 22.3. The van der Waals surface area contributed by atoms with Crippen molar-refractivity contribution in [1.29, 1.82) is 0 Å². The molecule has 3 rings (SSSR count). The highest BCUT2D eigenvalue weighted by atomic mass is 32.2. The molecule has 2 aliphatic heterocycles. The molecule has 2 aliphatic rings. The molecule has 0 aliphatic carbocycles. The minimum Gasteiger partial charge on any atom is -0.380 e. The molecule has 1 atom stereocenters. The first kappa shape index (κ1) is 20.8. The number of hydrogen-bond donors (Lipinski definition) is 1. The van der Waals surface area contributed by atoms with Gasteiger partial charge in [-0.1, -0.05) is 0 Å². The van der Waals surface area contributed by atoms with E-state index in [-0.39, 0.29) is 11.7 Å². The van der Waals surface area contributed by atoms with E-state index in [2.05, 4.69) is 10.2 Å². The van der Waals surface area contributed by atoms with Crippen LogP contribution in [0.3, 0.4) is 0 Å². The fourth-order valence-electron chi connectivity index (χ4n) is 3.52. The van der Waals surface area contributed by atoms with E-state index < -0.39 is 30.9 Å². The molecule has 156 valence electrons. The summed E-state index contributed by atoms with van der Waals surface area (Å²) in [6, 6.07) is 2.50. The summed E-state index contributed by atoms with van der Waals surface area (Å²) >= 11 is 0. The van der Waals surface area contributed by atoms with E-state index in [1.807, 2.05) is 0 Å². The van der Waals surface area contributed by atoms with Crippen LogP contribution in [0.25, 0.3) is 0 Å². The number of sulfone groups is 1. The van der Waals surface area contributed by atoms with Gasteiger partial charge < -0.3 is 10.1 Å². The second kappa shape index (κ2) is 7.84. The topological polar surface area (TPSA) is 102 Å². The van der Waals surface area contributed by atoms with Crippen molar-refractivity contribution in [2.45, 2.75) is 41.7 Å². The number of rotatable bonds is 5. The van der Waals surface area contributed by atoms with Crippen LogP contribution in [0.15, 0.2) is 23.1 Å². The molecule has 0 saturated carbocycles. The van der Waals surface area contributed by atoms with E-state index in [9.17, 15) is 31.7 Å². The largest absolute Gasteiger partial charge is 0.501 e. The molecule has 0 radical (unpaired) electrons. The van der Waals surface area contributed by atoms with Crippen LogP contribution in [0.1, 0.15) is 19.3 Å². The standard InChI is InChI=1S/C16H20F3N3O5S/c17-16(18,19)28(25,26)13-1-2-14(15(9-13)22(23)24)20-11-3-6-21(7-4-11)12-5-8-27-10-12/h1-2,9,11-12,20H,3-8,10H2. The quantitative estimate of drug-likeness (QED) is 0.574. The second-order valence-electron chi connectivity index (χ2n) is 6.86. The lowest BCUT2D eigenvalue weighted by Crippen LogP contribution is -2.44. The molecule has 28 heavy (non-hydrogen) atoms. The average Bonchev–Trinajstić information content (AvgIpc) is 3.16. The van der Waals surface area contributed by atoms with Crippen molar-refractivity contribution in [1.82, 2.24) is 4.90 Å². The molecule has 1 N–H and O–H groups in total. The van der Waals surface area contributed by atoms with Gasteiger partial charge in [0, 0.05) is 37.8 Å². The number of hydrogen-bond acceptors (Lipinski definition) is 7. The minimum atomic E-state index is -5.65. The van der Waals surface area contributed by atoms with Gasteiger partial charge in [-0.15, -0.1) is 0 Å². The van der Waals surface area contributed by atoms with Crippen LogP contribution in [-0.4, -0.2) is 62.1 Å². The van der Waals surface area contributed by atoms with E-state index in [1.54, 1.807) is 0 Å². The summed E-state index contributed by atoms with van der Waals surface area (Å²) in [5.41, 5.74) is -6.21. The Balaban J connectivity index is 1.73. The summed E-state index contributed by atoms with van der Waals surface area (Å²) in [6.07, 6.45) is 2.38. The summed E-state index contributed by atoms with van der Waals surface area (Å²) in [5, 5.41) is 14.3. The number of nitro groups is 1. The maximum absolute atomic E-state index is 12.7. The summed E-state index contributed by atoms with van der Waals surface area (Å²) in [4.78, 5) is 11.6. The molecule has 1 aromatic rings. The summed E-state index contributed by atoms with van der Waals surface area (Å²) in [6.45, 7) is 2.99. The third-order valence-electron chi connectivity index (χ3n) is 5.09. The summed E-state index contributed by atoms with van der Waals surface area (Å²) in [5.74, 6) is 0. The number of likely N-dealkylation sites (tertiary alicyclic amines) is 1. The van der Waals surface area contributed by atoms with Crippen LogP contribution in [0.4, 0.5) is 24.5 Å². The van der Waals surface area contributed by atoms with Crippen LogP contribution in [0.2, 0.25) is 0 Å².